The summed E-state index contributed by atoms with van der Waals surface area (Å²) in [6.45, 7) is 1.01. The van der Waals surface area contributed by atoms with E-state index in [1.165, 1.54) is 11.1 Å². The van der Waals surface area contributed by atoms with Gasteiger partial charge in [-0.15, -0.1) is 0 Å². The SMILES string of the molecule is C1=CC(/C=C/c2ccc(N(c3ccccc3)c3ccccc3)cc2)=CC[NH2+]1. The van der Waals surface area contributed by atoms with Crippen LogP contribution in [0.5, 0.6) is 0 Å². The van der Waals surface area contributed by atoms with Crippen molar-refractivity contribution in [1.29, 1.82) is 0 Å². The van der Waals surface area contributed by atoms with Gasteiger partial charge < -0.3 is 10.2 Å². The van der Waals surface area contributed by atoms with Gasteiger partial charge >= 0.3 is 0 Å². The molecule has 1 heterocycles. The fourth-order valence-electron chi connectivity index (χ4n) is 3.18. The second-order valence-electron chi connectivity index (χ2n) is 6.47. The molecule has 3 aromatic carbocycles. The van der Waals surface area contributed by atoms with Crippen molar-refractivity contribution in [3.63, 3.8) is 0 Å². The van der Waals surface area contributed by atoms with E-state index in [-0.39, 0.29) is 0 Å². The van der Waals surface area contributed by atoms with E-state index in [1.807, 2.05) is 12.1 Å². The third kappa shape index (κ3) is 4.25. The number of benzene rings is 3. The molecule has 1 aliphatic heterocycles. The number of nitrogens with two attached hydrogens (primary N) is 1. The van der Waals surface area contributed by atoms with Crippen molar-refractivity contribution in [3.8, 4) is 0 Å². The topological polar surface area (TPSA) is 19.9 Å². The number of nitrogens with zero attached hydrogens (tertiary/aromatic N) is 1. The molecule has 2 N–H and O–H groups in total. The van der Waals surface area contributed by atoms with E-state index in [0.29, 0.717) is 0 Å². The third-order valence-corrected chi connectivity index (χ3v) is 4.56. The highest BCUT2D eigenvalue weighted by Crippen LogP contribution is 2.34. The second-order valence-corrected chi connectivity index (χ2v) is 6.47. The Labute approximate surface area is 160 Å². The van der Waals surface area contributed by atoms with Crippen LogP contribution in [0.15, 0.2) is 115 Å². The van der Waals surface area contributed by atoms with Crippen LogP contribution >= 0.6 is 0 Å². The molecule has 0 bridgehead atoms. The molecule has 4 rings (SSSR count). The van der Waals surface area contributed by atoms with Crippen molar-refractivity contribution < 1.29 is 5.32 Å². The molecule has 0 aliphatic carbocycles. The quantitative estimate of drug-likeness (QED) is 0.671. The molecule has 0 atom stereocenters. The van der Waals surface area contributed by atoms with Crippen LogP contribution in [-0.4, -0.2) is 6.54 Å². The molecule has 0 amide bonds. The fraction of sp³-hybridized carbons (Fsp3) is 0.0400. The lowest BCUT2D eigenvalue weighted by Crippen LogP contribution is -2.78. The Morgan fingerprint density at radius 2 is 1.26 bits per heavy atom. The molecule has 27 heavy (non-hydrogen) atoms. The Morgan fingerprint density at radius 3 is 1.81 bits per heavy atom. The van der Waals surface area contributed by atoms with Crippen LogP contribution in [0.1, 0.15) is 5.56 Å². The Morgan fingerprint density at radius 1 is 0.667 bits per heavy atom. The van der Waals surface area contributed by atoms with Crippen LogP contribution in [0.2, 0.25) is 0 Å². The van der Waals surface area contributed by atoms with Gasteiger partial charge in [-0.05, 0) is 59.7 Å². The molecule has 0 radical (unpaired) electrons. The lowest BCUT2D eigenvalue weighted by molar-refractivity contribution is -0.578. The lowest BCUT2D eigenvalue weighted by atomic mass is 10.1. The predicted octanol–water partition coefficient (Wildman–Crippen LogP) is 5.19. The molecule has 0 aromatic heterocycles. The van der Waals surface area contributed by atoms with E-state index < -0.39 is 0 Å². The van der Waals surface area contributed by atoms with Gasteiger partial charge in [-0.2, -0.15) is 0 Å². The lowest BCUT2D eigenvalue weighted by Gasteiger charge is -2.25. The zero-order valence-electron chi connectivity index (χ0n) is 15.2. The van der Waals surface area contributed by atoms with Crippen molar-refractivity contribution in [3.05, 3.63) is 120 Å². The molecule has 2 heteroatoms. The van der Waals surface area contributed by atoms with E-state index in [1.54, 1.807) is 0 Å². The van der Waals surface area contributed by atoms with Gasteiger partial charge in [0.1, 0.15) is 0 Å². The molecular weight excluding hydrogens is 328 g/mol. The van der Waals surface area contributed by atoms with Gasteiger partial charge in [-0.3, -0.25) is 0 Å². The minimum atomic E-state index is 1.01. The highest BCUT2D eigenvalue weighted by Gasteiger charge is 2.11. The van der Waals surface area contributed by atoms with Crippen molar-refractivity contribution in [2.24, 2.45) is 0 Å². The van der Waals surface area contributed by atoms with Gasteiger partial charge in [0.2, 0.25) is 0 Å². The first-order valence-electron chi connectivity index (χ1n) is 9.28. The average molecular weight is 351 g/mol. The number of hydrogen-bond donors (Lipinski definition) is 1. The van der Waals surface area contributed by atoms with Gasteiger partial charge in [0.15, 0.2) is 0 Å². The van der Waals surface area contributed by atoms with E-state index in [0.717, 1.165) is 23.6 Å². The van der Waals surface area contributed by atoms with Gasteiger partial charge in [-0.25, -0.2) is 0 Å². The minimum absolute atomic E-state index is 1.01. The summed E-state index contributed by atoms with van der Waals surface area (Å²) in [5, 5.41) is 2.16. The number of hydrogen-bond acceptors (Lipinski definition) is 1. The maximum Gasteiger partial charge on any atom is 0.0993 e. The van der Waals surface area contributed by atoms with Crippen molar-refractivity contribution >= 4 is 23.1 Å². The summed E-state index contributed by atoms with van der Waals surface area (Å²) < 4.78 is 0. The predicted molar refractivity (Wildman–Crippen MR) is 114 cm³/mol. The average Bonchev–Trinajstić information content (AvgIpc) is 2.76. The van der Waals surface area contributed by atoms with Gasteiger partial charge in [0.05, 0.1) is 12.7 Å². The summed E-state index contributed by atoms with van der Waals surface area (Å²) in [5.41, 5.74) is 5.91. The molecule has 0 saturated heterocycles. The summed E-state index contributed by atoms with van der Waals surface area (Å²) in [4.78, 5) is 2.27. The highest BCUT2D eigenvalue weighted by atomic mass is 15.1. The maximum atomic E-state index is 2.27. The standard InChI is InChI=1S/C25H22N2/c1-3-7-23(8-4-1)27(24-9-5-2-6-10-24)25-15-13-21(14-16-25)11-12-22-17-19-26-20-18-22/h1-19,26H,20H2/p+1/b12-11+. The molecule has 132 valence electrons. The Bertz CT molecular complexity index is 913. The van der Waals surface area contributed by atoms with Crippen LogP contribution in [0, 0.1) is 0 Å². The molecule has 3 aromatic rings. The first-order chi connectivity index (χ1) is 13.4. The molecule has 0 fully saturated rings. The van der Waals surface area contributed by atoms with Crippen molar-refractivity contribution in [2.45, 2.75) is 0 Å². The Balaban J connectivity index is 1.62. The number of rotatable bonds is 5. The number of quaternary nitrogens is 1. The number of anilines is 3. The highest BCUT2D eigenvalue weighted by molar-refractivity contribution is 5.77. The van der Waals surface area contributed by atoms with Gasteiger partial charge in [0, 0.05) is 17.1 Å². The summed E-state index contributed by atoms with van der Waals surface area (Å²) in [6, 6.07) is 29.6. The second kappa shape index (κ2) is 8.35. The molecule has 0 spiro atoms. The van der Waals surface area contributed by atoms with Crippen LogP contribution in [0.3, 0.4) is 0 Å². The first kappa shape index (κ1) is 17.1. The summed E-state index contributed by atoms with van der Waals surface area (Å²) >= 11 is 0. The molecule has 0 saturated carbocycles. The monoisotopic (exact) mass is 351 g/mol. The van der Waals surface area contributed by atoms with E-state index >= 15 is 0 Å². The van der Waals surface area contributed by atoms with Gasteiger partial charge in [-0.1, -0.05) is 60.7 Å². The van der Waals surface area contributed by atoms with Crippen LogP contribution in [-0.2, 0) is 0 Å². The van der Waals surface area contributed by atoms with Crippen molar-refractivity contribution in [2.75, 3.05) is 11.4 Å². The minimum Gasteiger partial charge on any atom is -0.317 e. The summed E-state index contributed by atoms with van der Waals surface area (Å²) in [7, 11) is 0. The Kier molecular flexibility index (Phi) is 5.28. The molecule has 0 unspecified atom stereocenters. The zero-order chi connectivity index (χ0) is 18.3. The first-order valence-corrected chi connectivity index (χ1v) is 9.28. The molecule has 2 nitrogen and oxygen atoms in total. The van der Waals surface area contributed by atoms with E-state index in [9.17, 15) is 0 Å². The fourth-order valence-corrected chi connectivity index (χ4v) is 3.18. The number of allylic oxidation sites excluding steroid dienone is 3. The van der Waals surface area contributed by atoms with E-state index in [2.05, 4.69) is 114 Å². The smallest absolute Gasteiger partial charge is 0.0993 e. The third-order valence-electron chi connectivity index (χ3n) is 4.56. The Hall–Kier alpha value is -3.36. The number of para-hydroxylation sites is 2. The molecule has 1 aliphatic rings. The largest absolute Gasteiger partial charge is 0.317 e. The summed E-state index contributed by atoms with van der Waals surface area (Å²) in [5.74, 6) is 0. The van der Waals surface area contributed by atoms with E-state index in [4.69, 9.17) is 0 Å². The maximum absolute atomic E-state index is 2.27. The zero-order valence-corrected chi connectivity index (χ0v) is 15.2. The van der Waals surface area contributed by atoms with Crippen LogP contribution in [0.25, 0.3) is 6.08 Å². The normalized spacial score (nSPS) is 13.6. The molecular formula is C25H23N2+. The van der Waals surface area contributed by atoms with Gasteiger partial charge in [0.25, 0.3) is 0 Å². The van der Waals surface area contributed by atoms with Crippen molar-refractivity contribution in [1.82, 2.24) is 0 Å². The summed E-state index contributed by atoms with van der Waals surface area (Å²) in [6.07, 6.45) is 10.8. The van der Waals surface area contributed by atoms with Crippen LogP contribution in [0.4, 0.5) is 17.1 Å². The van der Waals surface area contributed by atoms with Crippen LogP contribution < -0.4 is 10.2 Å².